The molecule has 0 aliphatic carbocycles. The monoisotopic (exact) mass is 306 g/mol. The zero-order chi connectivity index (χ0) is 14.9. The Morgan fingerprint density at radius 3 is 3.10 bits per heavy atom. The first kappa shape index (κ1) is 16.2. The molecule has 2 rings (SSSR count). The number of hydrogen-bond acceptors (Lipinski definition) is 4. The van der Waals surface area contributed by atoms with Crippen molar-refractivity contribution in [2.24, 2.45) is 0 Å². The van der Waals surface area contributed by atoms with E-state index >= 15 is 0 Å². The molecule has 4 heteroatoms. The summed E-state index contributed by atoms with van der Waals surface area (Å²) >= 11 is 1.90. The number of thioether (sulfide) groups is 1. The molecule has 0 radical (unpaired) electrons. The van der Waals surface area contributed by atoms with Crippen molar-refractivity contribution in [1.29, 1.82) is 0 Å². The molecule has 0 spiro atoms. The smallest absolute Gasteiger partial charge is 0.134 e. The second kappa shape index (κ2) is 8.99. The van der Waals surface area contributed by atoms with E-state index in [4.69, 9.17) is 14.6 Å². The molecule has 1 aliphatic heterocycles. The molecule has 1 fully saturated rings. The Bertz CT molecular complexity index is 498. The summed E-state index contributed by atoms with van der Waals surface area (Å²) in [4.78, 5) is 0. The maximum atomic E-state index is 8.80. The van der Waals surface area contributed by atoms with Crippen LogP contribution in [0, 0.1) is 11.8 Å². The van der Waals surface area contributed by atoms with Gasteiger partial charge in [0.25, 0.3) is 0 Å². The molecule has 1 aliphatic rings. The number of hydrogen-bond donors (Lipinski definition) is 1. The SMILES string of the molecule is COc1ccc(CSCC2CCCO2)cc1C#CCCO. The molecule has 3 nitrogen and oxygen atoms in total. The van der Waals surface area contributed by atoms with Crippen molar-refractivity contribution in [3.05, 3.63) is 29.3 Å². The van der Waals surface area contributed by atoms with Gasteiger partial charge in [-0.1, -0.05) is 17.9 Å². The fraction of sp³-hybridized carbons (Fsp3) is 0.529. The van der Waals surface area contributed by atoms with Gasteiger partial charge in [0.15, 0.2) is 0 Å². The summed E-state index contributed by atoms with van der Waals surface area (Å²) in [5, 5.41) is 8.80. The lowest BCUT2D eigenvalue weighted by Gasteiger charge is -2.10. The zero-order valence-corrected chi connectivity index (χ0v) is 13.2. The van der Waals surface area contributed by atoms with Crippen molar-refractivity contribution in [1.82, 2.24) is 0 Å². The normalized spacial score (nSPS) is 17.3. The Balaban J connectivity index is 1.93. The second-order valence-corrected chi connectivity index (χ2v) is 5.99. The zero-order valence-electron chi connectivity index (χ0n) is 12.4. The van der Waals surface area contributed by atoms with Gasteiger partial charge in [-0.15, -0.1) is 0 Å². The van der Waals surface area contributed by atoms with Gasteiger partial charge in [-0.25, -0.2) is 0 Å². The summed E-state index contributed by atoms with van der Waals surface area (Å²) in [7, 11) is 1.65. The van der Waals surface area contributed by atoms with Gasteiger partial charge in [-0.05, 0) is 30.5 Å². The van der Waals surface area contributed by atoms with Crippen LogP contribution in [0.1, 0.15) is 30.4 Å². The third kappa shape index (κ3) is 5.28. The number of aliphatic hydroxyl groups excluding tert-OH is 1. The highest BCUT2D eigenvalue weighted by molar-refractivity contribution is 7.98. The first-order chi connectivity index (χ1) is 10.3. The highest BCUT2D eigenvalue weighted by Gasteiger charge is 2.15. The average Bonchev–Trinajstić information content (AvgIpc) is 3.01. The highest BCUT2D eigenvalue weighted by Crippen LogP contribution is 2.24. The maximum absolute atomic E-state index is 8.80. The Morgan fingerprint density at radius 2 is 2.38 bits per heavy atom. The van der Waals surface area contributed by atoms with Crippen LogP contribution in [0.4, 0.5) is 0 Å². The van der Waals surface area contributed by atoms with Gasteiger partial charge in [-0.3, -0.25) is 0 Å². The van der Waals surface area contributed by atoms with Crippen LogP contribution in [-0.2, 0) is 10.5 Å². The van der Waals surface area contributed by atoms with Crippen molar-refractivity contribution >= 4 is 11.8 Å². The quantitative estimate of drug-likeness (QED) is 0.820. The molecular formula is C17H22O3S. The van der Waals surface area contributed by atoms with Gasteiger partial charge >= 0.3 is 0 Å². The van der Waals surface area contributed by atoms with Gasteiger partial charge in [0.05, 0.1) is 25.4 Å². The molecule has 1 N–H and O–H groups in total. The average molecular weight is 306 g/mol. The molecule has 0 aromatic heterocycles. The van der Waals surface area contributed by atoms with Crippen LogP contribution in [0.15, 0.2) is 18.2 Å². The molecule has 1 aromatic carbocycles. The van der Waals surface area contributed by atoms with E-state index in [1.165, 1.54) is 18.4 Å². The van der Waals surface area contributed by atoms with Crippen molar-refractivity contribution in [2.75, 3.05) is 26.1 Å². The van der Waals surface area contributed by atoms with E-state index in [1.54, 1.807) is 7.11 Å². The van der Waals surface area contributed by atoms with E-state index in [0.29, 0.717) is 12.5 Å². The number of aliphatic hydroxyl groups is 1. The van der Waals surface area contributed by atoms with Gasteiger partial charge in [0.1, 0.15) is 5.75 Å². The lowest BCUT2D eigenvalue weighted by atomic mass is 10.1. The number of ether oxygens (including phenoxy) is 2. The van der Waals surface area contributed by atoms with Gasteiger partial charge < -0.3 is 14.6 Å². The van der Waals surface area contributed by atoms with E-state index in [-0.39, 0.29) is 6.61 Å². The Morgan fingerprint density at radius 1 is 1.48 bits per heavy atom. The molecule has 1 heterocycles. The van der Waals surface area contributed by atoms with E-state index in [9.17, 15) is 0 Å². The minimum atomic E-state index is 0.0895. The number of rotatable bonds is 6. The van der Waals surface area contributed by atoms with Crippen LogP contribution >= 0.6 is 11.8 Å². The molecule has 114 valence electrons. The van der Waals surface area contributed by atoms with Crippen LogP contribution in [-0.4, -0.2) is 37.3 Å². The summed E-state index contributed by atoms with van der Waals surface area (Å²) in [6.45, 7) is 1.00. The molecule has 1 aromatic rings. The largest absolute Gasteiger partial charge is 0.495 e. The van der Waals surface area contributed by atoms with Gasteiger partial charge in [-0.2, -0.15) is 11.8 Å². The topological polar surface area (TPSA) is 38.7 Å². The van der Waals surface area contributed by atoms with Crippen molar-refractivity contribution in [3.63, 3.8) is 0 Å². The first-order valence-corrected chi connectivity index (χ1v) is 8.45. The molecule has 1 unspecified atom stereocenters. The van der Waals surface area contributed by atoms with Gasteiger partial charge in [0.2, 0.25) is 0 Å². The predicted molar refractivity (Wildman–Crippen MR) is 86.7 cm³/mol. The minimum absolute atomic E-state index is 0.0895. The first-order valence-electron chi connectivity index (χ1n) is 7.29. The standard InChI is InChI=1S/C17H22O3S/c1-19-17-8-7-14(11-15(17)5-2-3-9-18)12-21-13-16-6-4-10-20-16/h7-8,11,16,18H,3-4,6,9-10,12-13H2,1H3. The molecule has 0 saturated carbocycles. The fourth-order valence-electron chi connectivity index (χ4n) is 2.24. The number of benzene rings is 1. The van der Waals surface area contributed by atoms with E-state index < -0.39 is 0 Å². The van der Waals surface area contributed by atoms with Crippen molar-refractivity contribution in [3.8, 4) is 17.6 Å². The van der Waals surface area contributed by atoms with Crippen molar-refractivity contribution in [2.45, 2.75) is 31.1 Å². The molecule has 21 heavy (non-hydrogen) atoms. The highest BCUT2D eigenvalue weighted by atomic mass is 32.2. The van der Waals surface area contributed by atoms with Crippen LogP contribution in [0.3, 0.4) is 0 Å². The Kier molecular flexibility index (Phi) is 6.94. The maximum Gasteiger partial charge on any atom is 0.134 e. The van der Waals surface area contributed by atoms with Crippen LogP contribution in [0.25, 0.3) is 0 Å². The van der Waals surface area contributed by atoms with Crippen LogP contribution in [0.5, 0.6) is 5.75 Å². The van der Waals surface area contributed by atoms with Crippen molar-refractivity contribution < 1.29 is 14.6 Å². The minimum Gasteiger partial charge on any atom is -0.495 e. The summed E-state index contributed by atoms with van der Waals surface area (Å²) in [6.07, 6.45) is 3.30. The number of methoxy groups -OCH3 is 1. The summed E-state index contributed by atoms with van der Waals surface area (Å²) in [5.41, 5.74) is 2.13. The summed E-state index contributed by atoms with van der Waals surface area (Å²) in [6, 6.07) is 6.12. The van der Waals surface area contributed by atoms with E-state index in [2.05, 4.69) is 24.0 Å². The van der Waals surface area contributed by atoms with Gasteiger partial charge in [0, 0.05) is 24.5 Å². The Hall–Kier alpha value is -1.15. The van der Waals surface area contributed by atoms with E-state index in [0.717, 1.165) is 29.4 Å². The third-order valence-electron chi connectivity index (χ3n) is 3.32. The molecule has 0 bridgehead atoms. The summed E-state index contributed by atoms with van der Waals surface area (Å²) < 4.78 is 11.0. The molecule has 0 amide bonds. The third-order valence-corrected chi connectivity index (χ3v) is 4.47. The second-order valence-electron chi connectivity index (χ2n) is 4.96. The predicted octanol–water partition coefficient (Wildman–Crippen LogP) is 2.84. The molecule has 1 atom stereocenters. The fourth-order valence-corrected chi connectivity index (χ4v) is 3.30. The lowest BCUT2D eigenvalue weighted by Crippen LogP contribution is -2.07. The van der Waals surface area contributed by atoms with Crippen LogP contribution < -0.4 is 4.74 Å². The van der Waals surface area contributed by atoms with E-state index in [1.807, 2.05) is 17.8 Å². The molecular weight excluding hydrogens is 284 g/mol. The molecule has 1 saturated heterocycles. The van der Waals surface area contributed by atoms with Crippen LogP contribution in [0.2, 0.25) is 0 Å². The lowest BCUT2D eigenvalue weighted by molar-refractivity contribution is 0.129. The summed E-state index contributed by atoms with van der Waals surface area (Å²) in [5.74, 6) is 8.81. The Labute approximate surface area is 131 Å².